The van der Waals surface area contributed by atoms with Gasteiger partial charge in [-0.05, 0) is 38.8 Å². The molecule has 1 fully saturated rings. The van der Waals surface area contributed by atoms with E-state index in [1.54, 1.807) is 6.20 Å². The van der Waals surface area contributed by atoms with Crippen LogP contribution in [-0.4, -0.2) is 27.0 Å². The molecule has 0 unspecified atom stereocenters. The molecule has 5 nitrogen and oxygen atoms in total. The molecule has 2 heterocycles. The second-order valence-electron chi connectivity index (χ2n) is 6.48. The number of aromatic nitrogens is 3. The molecule has 0 spiro atoms. The molecular formula is C18H25N5. The Labute approximate surface area is 138 Å². The molecule has 1 saturated carbocycles. The van der Waals surface area contributed by atoms with E-state index < -0.39 is 0 Å². The summed E-state index contributed by atoms with van der Waals surface area (Å²) < 4.78 is 0. The Morgan fingerprint density at radius 3 is 2.65 bits per heavy atom. The summed E-state index contributed by atoms with van der Waals surface area (Å²) in [6.07, 6.45) is 9.94. The van der Waals surface area contributed by atoms with Crippen molar-refractivity contribution in [1.82, 2.24) is 15.0 Å². The van der Waals surface area contributed by atoms with Gasteiger partial charge in [0.1, 0.15) is 5.82 Å². The molecule has 5 heteroatoms. The molecule has 122 valence electrons. The quantitative estimate of drug-likeness (QED) is 0.870. The molecule has 2 aromatic heterocycles. The van der Waals surface area contributed by atoms with E-state index in [1.807, 2.05) is 24.4 Å². The Hall–Kier alpha value is -2.17. The fraction of sp³-hybridized carbons (Fsp3) is 0.500. The van der Waals surface area contributed by atoms with Crippen LogP contribution in [-0.2, 0) is 0 Å². The second-order valence-corrected chi connectivity index (χ2v) is 6.48. The number of hydrogen-bond donors (Lipinski definition) is 2. The first kappa shape index (κ1) is 15.7. The van der Waals surface area contributed by atoms with Crippen LogP contribution in [0.1, 0.15) is 46.0 Å². The number of nitrogens with zero attached hydrogens (tertiary/aromatic N) is 3. The zero-order valence-corrected chi connectivity index (χ0v) is 13.9. The summed E-state index contributed by atoms with van der Waals surface area (Å²) in [4.78, 5) is 13.5. The van der Waals surface area contributed by atoms with Gasteiger partial charge in [0.05, 0.1) is 5.69 Å². The fourth-order valence-electron chi connectivity index (χ4n) is 2.97. The van der Waals surface area contributed by atoms with Gasteiger partial charge in [-0.1, -0.05) is 19.3 Å². The Bertz CT molecular complexity index is 621. The molecule has 0 bridgehead atoms. The minimum atomic E-state index is 0.328. The third-order valence-electron chi connectivity index (χ3n) is 4.06. The molecule has 0 amide bonds. The molecule has 1 aliphatic carbocycles. The van der Waals surface area contributed by atoms with E-state index in [4.69, 9.17) is 4.98 Å². The van der Waals surface area contributed by atoms with Crippen LogP contribution in [0.25, 0.3) is 11.3 Å². The highest BCUT2D eigenvalue weighted by atomic mass is 15.2. The van der Waals surface area contributed by atoms with Gasteiger partial charge in [0, 0.05) is 36.1 Å². The summed E-state index contributed by atoms with van der Waals surface area (Å²) in [5.74, 6) is 1.56. The maximum absolute atomic E-state index is 4.70. The average Bonchev–Trinajstić information content (AvgIpc) is 2.56. The van der Waals surface area contributed by atoms with Crippen LogP contribution in [0.3, 0.4) is 0 Å². The first-order valence-corrected chi connectivity index (χ1v) is 8.53. The van der Waals surface area contributed by atoms with Crippen molar-refractivity contribution in [3.05, 3.63) is 30.6 Å². The standard InChI is InChI=1S/C18H25N5/c1-13(2)20-17-11-16(14-7-6-10-19-12-14)22-18(23-17)21-15-8-4-3-5-9-15/h6-7,10-13,15H,3-5,8-9H2,1-2H3,(H2,20,21,22,23). The number of pyridine rings is 1. The summed E-state index contributed by atoms with van der Waals surface area (Å²) in [5, 5.41) is 6.90. The molecule has 1 aliphatic rings. The van der Waals surface area contributed by atoms with Crippen molar-refractivity contribution in [3.63, 3.8) is 0 Å². The maximum atomic E-state index is 4.70. The van der Waals surface area contributed by atoms with E-state index in [0.717, 1.165) is 17.1 Å². The molecule has 2 N–H and O–H groups in total. The Morgan fingerprint density at radius 1 is 1.13 bits per heavy atom. The number of rotatable bonds is 5. The highest BCUT2D eigenvalue weighted by molar-refractivity contribution is 5.63. The van der Waals surface area contributed by atoms with Crippen LogP contribution in [0.15, 0.2) is 30.6 Å². The first-order valence-electron chi connectivity index (χ1n) is 8.53. The minimum absolute atomic E-state index is 0.328. The summed E-state index contributed by atoms with van der Waals surface area (Å²) in [6.45, 7) is 4.22. The van der Waals surface area contributed by atoms with Gasteiger partial charge in [-0.3, -0.25) is 4.98 Å². The van der Waals surface area contributed by atoms with Gasteiger partial charge in [-0.25, -0.2) is 4.98 Å². The Morgan fingerprint density at radius 2 is 1.96 bits per heavy atom. The molecule has 0 aromatic carbocycles. The van der Waals surface area contributed by atoms with Crippen LogP contribution in [0, 0.1) is 0 Å². The summed E-state index contributed by atoms with van der Waals surface area (Å²) in [6, 6.07) is 6.76. The van der Waals surface area contributed by atoms with Crippen molar-refractivity contribution in [3.8, 4) is 11.3 Å². The first-order chi connectivity index (χ1) is 11.2. The largest absolute Gasteiger partial charge is 0.368 e. The lowest BCUT2D eigenvalue weighted by atomic mass is 9.96. The van der Waals surface area contributed by atoms with Gasteiger partial charge in [0.15, 0.2) is 0 Å². The van der Waals surface area contributed by atoms with E-state index in [-0.39, 0.29) is 0 Å². The molecule has 2 aromatic rings. The van der Waals surface area contributed by atoms with E-state index in [9.17, 15) is 0 Å². The number of nitrogens with one attached hydrogen (secondary N) is 2. The van der Waals surface area contributed by atoms with Crippen molar-refractivity contribution >= 4 is 11.8 Å². The topological polar surface area (TPSA) is 62.7 Å². The molecule has 3 rings (SSSR count). The number of hydrogen-bond acceptors (Lipinski definition) is 5. The van der Waals surface area contributed by atoms with E-state index in [2.05, 4.69) is 34.4 Å². The monoisotopic (exact) mass is 311 g/mol. The lowest BCUT2D eigenvalue weighted by Crippen LogP contribution is -2.24. The predicted molar refractivity (Wildman–Crippen MR) is 94.5 cm³/mol. The third kappa shape index (κ3) is 4.41. The van der Waals surface area contributed by atoms with E-state index in [0.29, 0.717) is 18.0 Å². The lowest BCUT2D eigenvalue weighted by Gasteiger charge is -2.23. The van der Waals surface area contributed by atoms with Crippen LogP contribution in [0.2, 0.25) is 0 Å². The maximum Gasteiger partial charge on any atom is 0.225 e. The third-order valence-corrected chi connectivity index (χ3v) is 4.06. The van der Waals surface area contributed by atoms with E-state index >= 15 is 0 Å². The van der Waals surface area contributed by atoms with Crippen molar-refractivity contribution in [2.45, 2.75) is 58.0 Å². The van der Waals surface area contributed by atoms with Crippen LogP contribution < -0.4 is 10.6 Å². The molecule has 0 saturated heterocycles. The molecule has 0 atom stereocenters. The Kier molecular flexibility index (Phi) is 5.05. The van der Waals surface area contributed by atoms with Gasteiger partial charge in [-0.2, -0.15) is 4.98 Å². The fourth-order valence-corrected chi connectivity index (χ4v) is 2.97. The molecule has 0 aliphatic heterocycles. The number of anilines is 2. The highest BCUT2D eigenvalue weighted by Crippen LogP contribution is 2.24. The van der Waals surface area contributed by atoms with Crippen molar-refractivity contribution in [1.29, 1.82) is 0 Å². The molecular weight excluding hydrogens is 286 g/mol. The highest BCUT2D eigenvalue weighted by Gasteiger charge is 2.15. The van der Waals surface area contributed by atoms with Gasteiger partial charge >= 0.3 is 0 Å². The zero-order chi connectivity index (χ0) is 16.1. The van der Waals surface area contributed by atoms with Crippen LogP contribution in [0.5, 0.6) is 0 Å². The van der Waals surface area contributed by atoms with Gasteiger partial charge in [0.25, 0.3) is 0 Å². The predicted octanol–water partition coefficient (Wildman–Crippen LogP) is 4.10. The van der Waals surface area contributed by atoms with Gasteiger partial charge in [-0.15, -0.1) is 0 Å². The summed E-state index contributed by atoms with van der Waals surface area (Å²) in [5.41, 5.74) is 1.91. The van der Waals surface area contributed by atoms with Gasteiger partial charge in [0.2, 0.25) is 5.95 Å². The SMILES string of the molecule is CC(C)Nc1cc(-c2cccnc2)nc(NC2CCCCC2)n1. The Balaban J connectivity index is 1.87. The summed E-state index contributed by atoms with van der Waals surface area (Å²) in [7, 11) is 0. The van der Waals surface area contributed by atoms with Crippen LogP contribution >= 0.6 is 0 Å². The van der Waals surface area contributed by atoms with Crippen molar-refractivity contribution in [2.24, 2.45) is 0 Å². The summed E-state index contributed by atoms with van der Waals surface area (Å²) >= 11 is 0. The van der Waals surface area contributed by atoms with Crippen LogP contribution in [0.4, 0.5) is 11.8 Å². The van der Waals surface area contributed by atoms with Crippen molar-refractivity contribution < 1.29 is 0 Å². The normalized spacial score (nSPS) is 15.6. The molecule has 23 heavy (non-hydrogen) atoms. The minimum Gasteiger partial charge on any atom is -0.368 e. The van der Waals surface area contributed by atoms with E-state index in [1.165, 1.54) is 32.1 Å². The van der Waals surface area contributed by atoms with Crippen molar-refractivity contribution in [2.75, 3.05) is 10.6 Å². The average molecular weight is 311 g/mol. The van der Waals surface area contributed by atoms with Gasteiger partial charge < -0.3 is 10.6 Å². The molecule has 0 radical (unpaired) electrons. The zero-order valence-electron chi connectivity index (χ0n) is 13.9. The smallest absolute Gasteiger partial charge is 0.225 e. The second kappa shape index (κ2) is 7.40. The lowest BCUT2D eigenvalue weighted by molar-refractivity contribution is 0.461.